The van der Waals surface area contributed by atoms with Crippen LogP contribution in [0.4, 0.5) is 4.39 Å². The Labute approximate surface area is 133 Å². The van der Waals surface area contributed by atoms with Crippen LogP contribution >= 0.6 is 0 Å². The molecule has 2 heterocycles. The van der Waals surface area contributed by atoms with Gasteiger partial charge in [0.2, 0.25) is 5.91 Å². The number of halogens is 1. The van der Waals surface area contributed by atoms with Gasteiger partial charge < -0.3 is 14.2 Å². The minimum Gasteiger partial charge on any atom is -0.484 e. The van der Waals surface area contributed by atoms with E-state index >= 15 is 0 Å². The molecule has 1 unspecified atom stereocenters. The highest BCUT2D eigenvalue weighted by Gasteiger charge is 2.29. The number of amides is 1. The lowest BCUT2D eigenvalue weighted by Gasteiger charge is -2.14. The highest BCUT2D eigenvalue weighted by atomic mass is 19.1. The third-order valence-electron chi connectivity index (χ3n) is 3.87. The molecule has 6 nitrogen and oxygen atoms in total. The summed E-state index contributed by atoms with van der Waals surface area (Å²) in [6.07, 6.45) is 1.35. The number of hydrogen-bond donors (Lipinski definition) is 0. The fourth-order valence-corrected chi connectivity index (χ4v) is 2.59. The summed E-state index contributed by atoms with van der Waals surface area (Å²) in [6.45, 7) is 3.34. The first-order valence-electron chi connectivity index (χ1n) is 7.64. The molecule has 0 N–H and O–H groups in total. The number of ether oxygens (including phenoxy) is 1. The molecule has 0 aliphatic carbocycles. The van der Waals surface area contributed by atoms with Crippen molar-refractivity contribution in [2.75, 3.05) is 13.1 Å². The third kappa shape index (κ3) is 3.67. The first kappa shape index (κ1) is 15.5. The molecule has 1 aliphatic rings. The summed E-state index contributed by atoms with van der Waals surface area (Å²) >= 11 is 0. The standard InChI is InChI=1S/C16H18FN3O3/c1-2-15(21)20-8-7-11(9-20)16-18-14(23-19-16)10-22-13-5-3-12(17)4-6-13/h3-6,11H,2,7-10H2,1H3. The van der Waals surface area contributed by atoms with Crippen molar-refractivity contribution in [3.8, 4) is 5.75 Å². The van der Waals surface area contributed by atoms with Crippen molar-refractivity contribution in [1.29, 1.82) is 0 Å². The summed E-state index contributed by atoms with van der Waals surface area (Å²) in [7, 11) is 0. The monoisotopic (exact) mass is 319 g/mol. The molecule has 2 aromatic rings. The highest BCUT2D eigenvalue weighted by molar-refractivity contribution is 5.76. The second-order valence-electron chi connectivity index (χ2n) is 5.47. The molecule has 1 aromatic carbocycles. The van der Waals surface area contributed by atoms with Crippen LogP contribution in [0.25, 0.3) is 0 Å². The van der Waals surface area contributed by atoms with E-state index in [1.807, 2.05) is 11.8 Å². The maximum atomic E-state index is 12.8. The van der Waals surface area contributed by atoms with Crippen LogP contribution in [0.15, 0.2) is 28.8 Å². The minimum absolute atomic E-state index is 0.105. The van der Waals surface area contributed by atoms with Crippen LogP contribution in [0.5, 0.6) is 5.75 Å². The van der Waals surface area contributed by atoms with Crippen LogP contribution in [0.3, 0.4) is 0 Å². The number of carbonyl (C=O) groups excluding carboxylic acids is 1. The number of nitrogens with zero attached hydrogens (tertiary/aromatic N) is 3. The summed E-state index contributed by atoms with van der Waals surface area (Å²) in [5, 5.41) is 3.98. The molecule has 3 rings (SSSR count). The highest BCUT2D eigenvalue weighted by Crippen LogP contribution is 2.25. The number of hydrogen-bond acceptors (Lipinski definition) is 5. The van der Waals surface area contributed by atoms with E-state index in [4.69, 9.17) is 9.26 Å². The van der Waals surface area contributed by atoms with Gasteiger partial charge in [-0.05, 0) is 30.7 Å². The Balaban J connectivity index is 1.56. The Bertz CT molecular complexity index is 671. The predicted octanol–water partition coefficient (Wildman–Crippen LogP) is 2.51. The second-order valence-corrected chi connectivity index (χ2v) is 5.47. The van der Waals surface area contributed by atoms with Gasteiger partial charge in [0.05, 0.1) is 0 Å². The van der Waals surface area contributed by atoms with Crippen molar-refractivity contribution in [1.82, 2.24) is 15.0 Å². The number of carbonyl (C=O) groups is 1. The third-order valence-corrected chi connectivity index (χ3v) is 3.87. The van der Waals surface area contributed by atoms with E-state index in [1.54, 1.807) is 0 Å². The summed E-state index contributed by atoms with van der Waals surface area (Å²) < 4.78 is 23.5. The van der Waals surface area contributed by atoms with Crippen molar-refractivity contribution in [3.05, 3.63) is 41.8 Å². The summed E-state index contributed by atoms with van der Waals surface area (Å²) in [6, 6.07) is 5.73. The lowest BCUT2D eigenvalue weighted by atomic mass is 10.1. The molecule has 0 bridgehead atoms. The van der Waals surface area contributed by atoms with E-state index in [2.05, 4.69) is 10.1 Å². The molecular weight excluding hydrogens is 301 g/mol. The largest absolute Gasteiger partial charge is 0.484 e. The van der Waals surface area contributed by atoms with Gasteiger partial charge in [-0.15, -0.1) is 0 Å². The summed E-state index contributed by atoms with van der Waals surface area (Å²) in [4.78, 5) is 17.9. The van der Waals surface area contributed by atoms with Crippen molar-refractivity contribution in [2.45, 2.75) is 32.3 Å². The van der Waals surface area contributed by atoms with Gasteiger partial charge in [0.1, 0.15) is 11.6 Å². The van der Waals surface area contributed by atoms with Crippen molar-refractivity contribution >= 4 is 5.91 Å². The first-order chi connectivity index (χ1) is 11.2. The van der Waals surface area contributed by atoms with Crippen LogP contribution in [0.1, 0.15) is 37.4 Å². The molecule has 122 valence electrons. The zero-order valence-corrected chi connectivity index (χ0v) is 12.9. The van der Waals surface area contributed by atoms with E-state index < -0.39 is 0 Å². The fraction of sp³-hybridized carbons (Fsp3) is 0.438. The average molecular weight is 319 g/mol. The van der Waals surface area contributed by atoms with Gasteiger partial charge in [0, 0.05) is 25.4 Å². The summed E-state index contributed by atoms with van der Waals surface area (Å²) in [5.74, 6) is 1.44. The molecule has 1 atom stereocenters. The van der Waals surface area contributed by atoms with E-state index in [0.29, 0.717) is 30.4 Å². The van der Waals surface area contributed by atoms with E-state index in [-0.39, 0.29) is 24.2 Å². The Kier molecular flexibility index (Phi) is 4.55. The second kappa shape index (κ2) is 6.76. The molecule has 1 saturated heterocycles. The SMILES string of the molecule is CCC(=O)N1CCC(c2noc(COc3ccc(F)cc3)n2)C1. The zero-order valence-electron chi connectivity index (χ0n) is 12.9. The van der Waals surface area contributed by atoms with Crippen molar-refractivity contribution in [2.24, 2.45) is 0 Å². The molecule has 1 fully saturated rings. The molecule has 1 aromatic heterocycles. The Morgan fingerprint density at radius 2 is 2.22 bits per heavy atom. The van der Waals surface area contributed by atoms with Crippen LogP contribution < -0.4 is 4.74 Å². The van der Waals surface area contributed by atoms with Gasteiger partial charge in [-0.3, -0.25) is 4.79 Å². The predicted molar refractivity (Wildman–Crippen MR) is 79.3 cm³/mol. The maximum Gasteiger partial charge on any atom is 0.264 e. The van der Waals surface area contributed by atoms with Gasteiger partial charge in [0.15, 0.2) is 12.4 Å². The van der Waals surface area contributed by atoms with Crippen molar-refractivity contribution < 1.29 is 18.4 Å². The number of rotatable bonds is 5. The van der Waals surface area contributed by atoms with Crippen LogP contribution in [-0.2, 0) is 11.4 Å². The Hall–Kier alpha value is -2.44. The fourth-order valence-electron chi connectivity index (χ4n) is 2.59. The van der Waals surface area contributed by atoms with E-state index in [0.717, 1.165) is 13.0 Å². The minimum atomic E-state index is -0.315. The Morgan fingerprint density at radius 3 is 2.96 bits per heavy atom. The van der Waals surface area contributed by atoms with Gasteiger partial charge >= 0.3 is 0 Å². The number of likely N-dealkylation sites (tertiary alicyclic amines) is 1. The maximum absolute atomic E-state index is 12.8. The molecule has 1 aliphatic heterocycles. The van der Waals surface area contributed by atoms with E-state index in [1.165, 1.54) is 24.3 Å². The van der Waals surface area contributed by atoms with Crippen LogP contribution in [0, 0.1) is 5.82 Å². The molecule has 7 heteroatoms. The summed E-state index contributed by atoms with van der Waals surface area (Å²) in [5.41, 5.74) is 0. The normalized spacial score (nSPS) is 17.5. The average Bonchev–Trinajstić information content (AvgIpc) is 3.22. The van der Waals surface area contributed by atoms with Gasteiger partial charge in [-0.2, -0.15) is 4.98 Å². The lowest BCUT2D eigenvalue weighted by Crippen LogP contribution is -2.27. The molecule has 0 radical (unpaired) electrons. The van der Waals surface area contributed by atoms with Gasteiger partial charge in [-0.25, -0.2) is 4.39 Å². The number of benzene rings is 1. The van der Waals surface area contributed by atoms with Gasteiger partial charge in [0.25, 0.3) is 5.89 Å². The number of aromatic nitrogens is 2. The van der Waals surface area contributed by atoms with Crippen LogP contribution in [-0.4, -0.2) is 34.0 Å². The smallest absolute Gasteiger partial charge is 0.264 e. The molecule has 0 spiro atoms. The molecule has 1 amide bonds. The lowest BCUT2D eigenvalue weighted by molar-refractivity contribution is -0.129. The van der Waals surface area contributed by atoms with Gasteiger partial charge in [-0.1, -0.05) is 12.1 Å². The zero-order chi connectivity index (χ0) is 16.2. The van der Waals surface area contributed by atoms with Crippen molar-refractivity contribution in [3.63, 3.8) is 0 Å². The topological polar surface area (TPSA) is 68.5 Å². The molecular formula is C16H18FN3O3. The van der Waals surface area contributed by atoms with Crippen LogP contribution in [0.2, 0.25) is 0 Å². The Morgan fingerprint density at radius 1 is 1.43 bits per heavy atom. The van der Waals surface area contributed by atoms with E-state index in [9.17, 15) is 9.18 Å². The molecule has 0 saturated carbocycles. The first-order valence-corrected chi connectivity index (χ1v) is 7.64. The quantitative estimate of drug-likeness (QED) is 0.847. The molecule has 23 heavy (non-hydrogen) atoms.